The van der Waals surface area contributed by atoms with Crippen LogP contribution in [0.15, 0.2) is 35.8 Å². The molecule has 0 N–H and O–H groups in total. The molecule has 0 spiro atoms. The molecule has 0 radical (unpaired) electrons. The number of ether oxygens (including phenoxy) is 1. The van der Waals surface area contributed by atoms with Crippen LogP contribution < -0.4 is 4.74 Å². The Bertz CT molecular complexity index is 680. The maximum atomic E-state index is 12.8. The van der Waals surface area contributed by atoms with Gasteiger partial charge in [-0.15, -0.1) is 11.3 Å². The topological polar surface area (TPSA) is 42.4 Å². The van der Waals surface area contributed by atoms with E-state index in [4.69, 9.17) is 4.74 Å². The predicted molar refractivity (Wildman–Crippen MR) is 94.7 cm³/mol. The van der Waals surface area contributed by atoms with Crippen LogP contribution >= 0.6 is 11.3 Å². The summed E-state index contributed by atoms with van der Waals surface area (Å²) in [6.07, 6.45) is 6.57. The van der Waals surface area contributed by atoms with Crippen molar-refractivity contribution in [3.05, 3.63) is 46.4 Å². The quantitative estimate of drug-likeness (QED) is 0.826. The van der Waals surface area contributed by atoms with E-state index in [-0.39, 0.29) is 5.91 Å². The summed E-state index contributed by atoms with van der Waals surface area (Å²) in [5.74, 6) is 2.09. The van der Waals surface area contributed by atoms with Crippen molar-refractivity contribution in [2.45, 2.75) is 31.6 Å². The van der Waals surface area contributed by atoms with E-state index in [9.17, 15) is 4.79 Å². The van der Waals surface area contributed by atoms with Gasteiger partial charge in [0.25, 0.3) is 5.91 Å². The molecule has 2 aliphatic rings. The maximum absolute atomic E-state index is 12.8. The van der Waals surface area contributed by atoms with Gasteiger partial charge in [0, 0.05) is 36.1 Å². The van der Waals surface area contributed by atoms with Crippen LogP contribution in [0, 0.1) is 5.92 Å². The highest BCUT2D eigenvalue weighted by atomic mass is 32.1. The van der Waals surface area contributed by atoms with Gasteiger partial charge in [-0.05, 0) is 55.9 Å². The average molecular weight is 342 g/mol. The molecule has 1 atom stereocenters. The lowest BCUT2D eigenvalue weighted by molar-refractivity contribution is 0.0707. The molecule has 0 unspecified atom stereocenters. The number of benzene rings is 1. The lowest BCUT2D eigenvalue weighted by Crippen LogP contribution is -2.39. The maximum Gasteiger partial charge on any atom is 0.253 e. The van der Waals surface area contributed by atoms with Crippen molar-refractivity contribution in [1.82, 2.24) is 9.88 Å². The zero-order valence-electron chi connectivity index (χ0n) is 13.7. The lowest BCUT2D eigenvalue weighted by Gasteiger charge is -2.32. The zero-order chi connectivity index (χ0) is 16.4. The fraction of sp³-hybridized carbons (Fsp3) is 0.474. The number of amides is 1. The summed E-state index contributed by atoms with van der Waals surface area (Å²) in [4.78, 5) is 19.2. The molecule has 1 amide bonds. The lowest BCUT2D eigenvalue weighted by atomic mass is 9.98. The van der Waals surface area contributed by atoms with Gasteiger partial charge in [-0.25, -0.2) is 4.98 Å². The van der Waals surface area contributed by atoms with Crippen molar-refractivity contribution < 1.29 is 9.53 Å². The Morgan fingerprint density at radius 3 is 2.79 bits per heavy atom. The average Bonchev–Trinajstić information content (AvgIpc) is 3.30. The molecular formula is C19H22N2O2S. The first-order valence-electron chi connectivity index (χ1n) is 8.71. The molecule has 1 saturated heterocycles. The second-order valence-corrected chi connectivity index (χ2v) is 7.67. The van der Waals surface area contributed by atoms with Crippen molar-refractivity contribution in [1.29, 1.82) is 0 Å². The first-order chi connectivity index (χ1) is 11.8. The molecule has 2 heterocycles. The van der Waals surface area contributed by atoms with Crippen LogP contribution in [-0.2, 0) is 0 Å². The minimum atomic E-state index is 0.116. The molecule has 1 saturated carbocycles. The molecule has 0 bridgehead atoms. The Balaban J connectivity index is 1.38. The first-order valence-corrected chi connectivity index (χ1v) is 9.59. The highest BCUT2D eigenvalue weighted by Gasteiger charge is 2.27. The molecule has 1 aliphatic carbocycles. The first kappa shape index (κ1) is 15.6. The standard InChI is InChI=1S/C19H22N2O2S/c22-19(15-5-7-17(8-6-15)23-13-14-3-4-14)21-10-1-2-16(12-21)18-20-9-11-24-18/h5-9,11,14,16H,1-4,10,12-13H2/t16-/m1/s1. The van der Waals surface area contributed by atoms with Crippen LogP contribution in [0.1, 0.15) is 47.0 Å². The summed E-state index contributed by atoms with van der Waals surface area (Å²) in [5.41, 5.74) is 0.744. The van der Waals surface area contributed by atoms with Gasteiger partial charge in [0.1, 0.15) is 5.75 Å². The number of carbonyl (C=O) groups excluding carboxylic acids is 1. The van der Waals surface area contributed by atoms with Crippen LogP contribution in [0.25, 0.3) is 0 Å². The van der Waals surface area contributed by atoms with Gasteiger partial charge < -0.3 is 9.64 Å². The Labute approximate surface area is 146 Å². The number of hydrogen-bond donors (Lipinski definition) is 0. The molecule has 1 aromatic carbocycles. The van der Waals surface area contributed by atoms with E-state index >= 15 is 0 Å². The van der Waals surface area contributed by atoms with Crippen LogP contribution in [0.5, 0.6) is 5.75 Å². The molecule has 4 rings (SSSR count). The van der Waals surface area contributed by atoms with Crippen LogP contribution in [0.2, 0.25) is 0 Å². The van der Waals surface area contributed by atoms with Crippen LogP contribution in [0.3, 0.4) is 0 Å². The zero-order valence-corrected chi connectivity index (χ0v) is 14.5. The molecule has 1 aliphatic heterocycles. The van der Waals surface area contributed by atoms with Crippen LogP contribution in [0.4, 0.5) is 0 Å². The molecule has 2 aromatic rings. The Kier molecular flexibility index (Phi) is 4.52. The van der Waals surface area contributed by atoms with Crippen molar-refractivity contribution in [3.63, 3.8) is 0 Å². The molecular weight excluding hydrogens is 320 g/mol. The van der Waals surface area contributed by atoms with Gasteiger partial charge >= 0.3 is 0 Å². The third-order valence-electron chi connectivity index (χ3n) is 4.79. The van der Waals surface area contributed by atoms with E-state index < -0.39 is 0 Å². The third kappa shape index (κ3) is 3.61. The fourth-order valence-electron chi connectivity index (χ4n) is 3.17. The van der Waals surface area contributed by atoms with E-state index in [1.807, 2.05) is 40.7 Å². The van der Waals surface area contributed by atoms with E-state index in [1.54, 1.807) is 11.3 Å². The van der Waals surface area contributed by atoms with Gasteiger partial charge in [0.05, 0.1) is 11.6 Å². The molecule has 2 fully saturated rings. The highest BCUT2D eigenvalue weighted by Crippen LogP contribution is 2.30. The number of thiazole rings is 1. The number of rotatable bonds is 5. The molecule has 4 nitrogen and oxygen atoms in total. The van der Waals surface area contributed by atoms with E-state index in [2.05, 4.69) is 4.98 Å². The van der Waals surface area contributed by atoms with E-state index in [1.165, 1.54) is 12.8 Å². The normalized spacial score (nSPS) is 20.8. The molecule has 126 valence electrons. The number of piperidine rings is 1. The van der Waals surface area contributed by atoms with Gasteiger partial charge in [0.2, 0.25) is 0 Å². The van der Waals surface area contributed by atoms with Crippen molar-refractivity contribution in [3.8, 4) is 5.75 Å². The van der Waals surface area contributed by atoms with Crippen molar-refractivity contribution in [2.75, 3.05) is 19.7 Å². The summed E-state index contributed by atoms with van der Waals surface area (Å²) >= 11 is 1.69. The number of nitrogens with zero attached hydrogens (tertiary/aromatic N) is 2. The minimum absolute atomic E-state index is 0.116. The summed E-state index contributed by atoms with van der Waals surface area (Å²) in [7, 11) is 0. The van der Waals surface area contributed by atoms with Gasteiger partial charge in [-0.2, -0.15) is 0 Å². The number of aromatic nitrogens is 1. The largest absolute Gasteiger partial charge is 0.493 e. The summed E-state index contributed by atoms with van der Waals surface area (Å²) in [6.45, 7) is 2.40. The molecule has 5 heteroatoms. The van der Waals surface area contributed by atoms with Crippen molar-refractivity contribution >= 4 is 17.2 Å². The molecule has 1 aromatic heterocycles. The fourth-order valence-corrected chi connectivity index (χ4v) is 3.94. The second-order valence-electron chi connectivity index (χ2n) is 6.74. The van der Waals surface area contributed by atoms with Gasteiger partial charge in [-0.1, -0.05) is 0 Å². The van der Waals surface area contributed by atoms with Gasteiger partial charge in [0.15, 0.2) is 0 Å². The second kappa shape index (κ2) is 6.93. The van der Waals surface area contributed by atoms with E-state index in [0.717, 1.165) is 54.8 Å². The number of carbonyl (C=O) groups is 1. The van der Waals surface area contributed by atoms with Gasteiger partial charge in [-0.3, -0.25) is 4.79 Å². The Hall–Kier alpha value is -1.88. The summed E-state index contributed by atoms with van der Waals surface area (Å²) < 4.78 is 5.74. The number of hydrogen-bond acceptors (Lipinski definition) is 4. The van der Waals surface area contributed by atoms with E-state index in [0.29, 0.717) is 5.92 Å². The molecule has 24 heavy (non-hydrogen) atoms. The monoisotopic (exact) mass is 342 g/mol. The smallest absolute Gasteiger partial charge is 0.253 e. The summed E-state index contributed by atoms with van der Waals surface area (Å²) in [6, 6.07) is 7.60. The Morgan fingerprint density at radius 1 is 1.25 bits per heavy atom. The Morgan fingerprint density at radius 2 is 2.08 bits per heavy atom. The highest BCUT2D eigenvalue weighted by molar-refractivity contribution is 7.09. The third-order valence-corrected chi connectivity index (χ3v) is 5.73. The summed E-state index contributed by atoms with van der Waals surface area (Å²) in [5, 5.41) is 3.16. The van der Waals surface area contributed by atoms with Crippen molar-refractivity contribution in [2.24, 2.45) is 5.92 Å². The minimum Gasteiger partial charge on any atom is -0.493 e. The van der Waals surface area contributed by atoms with Crippen LogP contribution in [-0.4, -0.2) is 35.5 Å². The SMILES string of the molecule is O=C(c1ccc(OCC2CC2)cc1)N1CCC[C@@H](c2nccs2)C1. The number of likely N-dealkylation sites (tertiary alicyclic amines) is 1. The predicted octanol–water partition coefficient (Wildman–Crippen LogP) is 3.95.